The van der Waals surface area contributed by atoms with Crippen LogP contribution >= 0.6 is 24.8 Å². The molecule has 2 aliphatic carbocycles. The number of hydrogen-bond acceptors (Lipinski definition) is 0. The summed E-state index contributed by atoms with van der Waals surface area (Å²) in [6.07, 6.45) is 16.5. The number of benzene rings is 6. The van der Waals surface area contributed by atoms with E-state index in [0.717, 1.165) is 25.7 Å². The minimum absolute atomic E-state index is 0. The third kappa shape index (κ3) is 9.92. The van der Waals surface area contributed by atoms with Crippen molar-refractivity contribution in [2.75, 3.05) is 0 Å². The fraction of sp³-hybridized carbons (Fsp3) is 0.305. The van der Waals surface area contributed by atoms with Crippen molar-refractivity contribution in [3.63, 3.8) is 0 Å². The fourth-order valence-electron chi connectivity index (χ4n) is 9.60. The molecule has 0 amide bonds. The van der Waals surface area contributed by atoms with E-state index < -0.39 is 21.0 Å². The first-order valence-electron chi connectivity index (χ1n) is 22.7. The first kappa shape index (κ1) is 47.6. The van der Waals surface area contributed by atoms with E-state index in [1.165, 1.54) is 98.0 Å². The van der Waals surface area contributed by atoms with Gasteiger partial charge in [-0.1, -0.05) is 0 Å². The van der Waals surface area contributed by atoms with Crippen molar-refractivity contribution in [3.8, 4) is 33.4 Å². The molecule has 0 aromatic heterocycles. The van der Waals surface area contributed by atoms with Crippen molar-refractivity contribution in [3.05, 3.63) is 193 Å². The second kappa shape index (κ2) is 20.3. The van der Waals surface area contributed by atoms with Crippen LogP contribution in [0.4, 0.5) is 0 Å². The van der Waals surface area contributed by atoms with Crippen LogP contribution in [-0.2, 0) is 51.0 Å². The molecule has 62 heavy (non-hydrogen) atoms. The second-order valence-corrected chi connectivity index (χ2v) is 27.9. The van der Waals surface area contributed by atoms with Gasteiger partial charge >= 0.3 is 372 Å². The van der Waals surface area contributed by atoms with Crippen LogP contribution in [-0.4, -0.2) is 3.26 Å². The van der Waals surface area contributed by atoms with Crippen molar-refractivity contribution in [2.45, 2.75) is 118 Å². The van der Waals surface area contributed by atoms with Crippen LogP contribution in [0.25, 0.3) is 33.4 Å². The quantitative estimate of drug-likeness (QED) is 0.107. The van der Waals surface area contributed by atoms with Crippen LogP contribution < -0.4 is 3.32 Å². The van der Waals surface area contributed by atoms with E-state index in [9.17, 15) is 0 Å². The van der Waals surface area contributed by atoms with Gasteiger partial charge < -0.3 is 0 Å². The molecule has 0 nitrogen and oxygen atoms in total. The molecule has 0 fully saturated rings. The van der Waals surface area contributed by atoms with E-state index in [0.29, 0.717) is 0 Å². The summed E-state index contributed by atoms with van der Waals surface area (Å²) in [5.41, 5.74) is 20.0. The van der Waals surface area contributed by atoms with E-state index in [2.05, 4.69) is 201 Å². The van der Waals surface area contributed by atoms with Crippen LogP contribution in [0.2, 0.25) is 0 Å². The Bertz CT molecular complexity index is 2520. The number of allylic oxidation sites excluding steroid dienone is 4. The summed E-state index contributed by atoms with van der Waals surface area (Å²) in [5, 5.41) is 0. The molecule has 2 aliphatic rings. The first-order valence-corrected chi connectivity index (χ1v) is 28.1. The average molecular weight is 1020 g/mol. The minimum atomic E-state index is -3.36. The summed E-state index contributed by atoms with van der Waals surface area (Å²) in [5.74, 6) is 0. The van der Waals surface area contributed by atoms with Gasteiger partial charge in [-0.2, -0.15) is 0 Å². The molecule has 0 bridgehead atoms. The molecular formula is C59H66Cl2Hf. The van der Waals surface area contributed by atoms with Crippen molar-refractivity contribution in [1.82, 2.24) is 0 Å². The molecule has 0 atom stereocenters. The van der Waals surface area contributed by atoms with Gasteiger partial charge in [0, 0.05) is 0 Å². The average Bonchev–Trinajstić information content (AvgIpc) is 3.92. The summed E-state index contributed by atoms with van der Waals surface area (Å²) in [6.45, 7) is 19.1. The van der Waals surface area contributed by atoms with E-state index >= 15 is 0 Å². The molecule has 3 heteroatoms. The largest absolute Gasteiger partial charge is 0.147 e. The summed E-state index contributed by atoms with van der Waals surface area (Å²) >= 11 is -3.36. The van der Waals surface area contributed by atoms with Gasteiger partial charge in [0.15, 0.2) is 0 Å². The molecule has 6 aromatic carbocycles. The maximum Gasteiger partial charge on any atom is -0.147 e. The summed E-state index contributed by atoms with van der Waals surface area (Å²) in [6, 6.07) is 50.1. The normalized spacial score (nSPS) is 12.9. The Morgan fingerprint density at radius 1 is 0.565 bits per heavy atom. The summed E-state index contributed by atoms with van der Waals surface area (Å²) < 4.78 is 5.00. The zero-order valence-corrected chi connectivity index (χ0v) is 43.6. The van der Waals surface area contributed by atoms with E-state index in [1.807, 2.05) is 0 Å². The van der Waals surface area contributed by atoms with E-state index in [1.54, 1.807) is 15.5 Å². The first-order chi connectivity index (χ1) is 29.0. The monoisotopic (exact) mass is 1020 g/mol. The Hall–Kier alpha value is -3.88. The standard InChI is InChI=1S/C33H33.C21H26.C5H5.2ClH.Hf/c1-32(2,3)30-20-26-24(18-28(30)22-13-9-7-10-14-22)17-25-19-29(23-15-11-8-12-16-23)31(21-27(25)26)33(4,5)6;1-3-5-7-18-9-13-20(14-10-18)17-21-15-11-19(12-16-21)8-6-4-2;1-2-4-5-3-1;;;/h7-16,18,20-21H,17H2,1-6H3;9-16H,3-8H2,1-2H3;1-3H,4H2;2*1H;. The Kier molecular flexibility index (Phi) is 15.6. The predicted octanol–water partition coefficient (Wildman–Crippen LogP) is 16.1. The Labute approximate surface area is 393 Å². The molecule has 0 heterocycles. The molecule has 0 saturated heterocycles. The molecule has 0 radical (unpaired) electrons. The van der Waals surface area contributed by atoms with Crippen molar-refractivity contribution in [1.29, 1.82) is 0 Å². The Morgan fingerprint density at radius 3 is 1.56 bits per heavy atom. The maximum atomic E-state index is 2.64. The Morgan fingerprint density at radius 2 is 1.08 bits per heavy atom. The van der Waals surface area contributed by atoms with Gasteiger partial charge in [0.1, 0.15) is 0 Å². The number of aryl methyl sites for hydroxylation is 2. The van der Waals surface area contributed by atoms with E-state index in [-0.39, 0.29) is 35.6 Å². The van der Waals surface area contributed by atoms with Crippen LogP contribution in [0, 0.1) is 0 Å². The van der Waals surface area contributed by atoms with Crippen molar-refractivity contribution >= 4 is 31.4 Å². The zero-order valence-electron chi connectivity index (χ0n) is 38.3. The van der Waals surface area contributed by atoms with Gasteiger partial charge in [0.05, 0.1) is 0 Å². The molecular weight excluding hydrogens is 958 g/mol. The third-order valence-corrected chi connectivity index (χ3v) is 24.1. The summed E-state index contributed by atoms with van der Waals surface area (Å²) in [4.78, 5) is 0. The van der Waals surface area contributed by atoms with E-state index in [4.69, 9.17) is 0 Å². The number of fused-ring (bicyclic) bond motifs is 3. The topological polar surface area (TPSA) is 0 Å². The van der Waals surface area contributed by atoms with Crippen LogP contribution in [0.15, 0.2) is 149 Å². The van der Waals surface area contributed by atoms with Gasteiger partial charge in [0.2, 0.25) is 0 Å². The van der Waals surface area contributed by atoms with Crippen LogP contribution in [0.5, 0.6) is 0 Å². The minimum Gasteiger partial charge on any atom is -0.147 e. The molecule has 0 saturated carbocycles. The van der Waals surface area contributed by atoms with Gasteiger partial charge in [-0.15, -0.1) is 24.8 Å². The smallest absolute Gasteiger partial charge is 0.147 e. The molecule has 0 spiro atoms. The predicted molar refractivity (Wildman–Crippen MR) is 272 cm³/mol. The van der Waals surface area contributed by atoms with Gasteiger partial charge in [-0.25, -0.2) is 0 Å². The fourth-order valence-corrected chi connectivity index (χ4v) is 22.0. The van der Waals surface area contributed by atoms with Crippen molar-refractivity contribution in [2.24, 2.45) is 0 Å². The number of halogens is 2. The number of unbranched alkanes of at least 4 members (excludes halogenated alkanes) is 2. The van der Waals surface area contributed by atoms with Crippen LogP contribution in [0.3, 0.4) is 0 Å². The SMILES string of the molecule is CCCCc1ccc([C](c2ccc(CCCC)cc2)=[Hf]([C]2=CC=CC2)[c]2c3c(cc(C(C)(C)C)c2-c2ccccc2)-c2cc(C(C)(C)C)c(-c4ccccc4)cc2C3)cc1.Cl.Cl. The van der Waals surface area contributed by atoms with Gasteiger partial charge in [-0.3, -0.25) is 0 Å². The van der Waals surface area contributed by atoms with Crippen molar-refractivity contribution < 1.29 is 21.0 Å². The molecule has 0 N–H and O–H groups in total. The third-order valence-electron chi connectivity index (χ3n) is 12.8. The summed E-state index contributed by atoms with van der Waals surface area (Å²) in [7, 11) is 0. The number of rotatable bonds is 12. The van der Waals surface area contributed by atoms with Crippen LogP contribution in [0.1, 0.15) is 132 Å². The molecule has 320 valence electrons. The zero-order chi connectivity index (χ0) is 42.0. The molecule has 6 aromatic rings. The number of hydrogen-bond donors (Lipinski definition) is 0. The molecule has 8 rings (SSSR count). The second-order valence-electron chi connectivity index (χ2n) is 19.3. The Balaban J connectivity index is 0.00000321. The maximum absolute atomic E-state index is 3.36. The molecule has 0 unspecified atom stereocenters. The molecule has 0 aliphatic heterocycles. The van der Waals surface area contributed by atoms with Gasteiger partial charge in [0.25, 0.3) is 0 Å². The van der Waals surface area contributed by atoms with Gasteiger partial charge in [-0.05, 0) is 0 Å².